The number of nitrogens with one attached hydrogen (secondary N) is 2. The smallest absolute Gasteiger partial charge is 0.488 e. The van der Waals surface area contributed by atoms with E-state index in [2.05, 4.69) is 20.8 Å². The van der Waals surface area contributed by atoms with Crippen molar-refractivity contribution in [3.63, 3.8) is 0 Å². The highest BCUT2D eigenvalue weighted by molar-refractivity contribution is 6.58. The van der Waals surface area contributed by atoms with Crippen LogP contribution in [0.2, 0.25) is 5.02 Å². The molecule has 1 aliphatic heterocycles. The van der Waals surface area contributed by atoms with Gasteiger partial charge in [0.05, 0.1) is 24.4 Å². The number of carbonyl (C=O) groups excluding carboxylic acids is 1. The number of hydrogen-bond donors (Lipinski definition) is 4. The third-order valence-corrected chi connectivity index (χ3v) is 7.37. The van der Waals surface area contributed by atoms with Crippen molar-refractivity contribution in [2.24, 2.45) is 4.99 Å². The summed E-state index contributed by atoms with van der Waals surface area (Å²) < 4.78 is 8.13. The van der Waals surface area contributed by atoms with E-state index in [0.29, 0.717) is 47.6 Å². The number of amides is 1. The van der Waals surface area contributed by atoms with Gasteiger partial charge in [-0.05, 0) is 74.6 Å². The highest BCUT2D eigenvalue weighted by atomic mass is 35.5. The molecule has 10 nitrogen and oxygen atoms in total. The van der Waals surface area contributed by atoms with Gasteiger partial charge in [-0.2, -0.15) is 0 Å². The van der Waals surface area contributed by atoms with Crippen molar-refractivity contribution in [2.75, 3.05) is 25.0 Å². The third-order valence-electron chi connectivity index (χ3n) is 7.12. The maximum Gasteiger partial charge on any atom is 0.488 e. The summed E-state index contributed by atoms with van der Waals surface area (Å²) in [4.78, 5) is 17.8. The number of rotatable bonds is 12. The zero-order valence-corrected chi connectivity index (χ0v) is 24.9. The quantitative estimate of drug-likeness (QED) is 0.144. The van der Waals surface area contributed by atoms with Crippen LogP contribution in [0.4, 0.5) is 5.69 Å². The number of halogens is 1. The van der Waals surface area contributed by atoms with E-state index in [9.17, 15) is 14.8 Å². The zero-order chi connectivity index (χ0) is 30.3. The molecule has 4 aromatic rings. The van der Waals surface area contributed by atoms with Gasteiger partial charge < -0.3 is 25.4 Å². The Kier molecular flexibility index (Phi) is 9.76. The molecule has 0 radical (unpaired) electrons. The van der Waals surface area contributed by atoms with Gasteiger partial charge in [-0.1, -0.05) is 35.9 Å². The van der Waals surface area contributed by atoms with E-state index < -0.39 is 13.2 Å². The zero-order valence-electron chi connectivity index (χ0n) is 24.1. The van der Waals surface area contributed by atoms with Gasteiger partial charge in [0.2, 0.25) is 5.91 Å². The number of anilines is 1. The minimum atomic E-state index is -1.49. The summed E-state index contributed by atoms with van der Waals surface area (Å²) in [5.74, 6) is 1.90. The number of carbonyl (C=O) groups is 1. The van der Waals surface area contributed by atoms with Crippen LogP contribution in [0.25, 0.3) is 5.69 Å². The monoisotopic (exact) mass is 600 g/mol. The molecule has 12 heteroatoms. The second-order valence-corrected chi connectivity index (χ2v) is 10.7. The predicted octanol–water partition coefficient (Wildman–Crippen LogP) is 3.60. The molecule has 3 aromatic carbocycles. The van der Waals surface area contributed by atoms with Gasteiger partial charge in [0.15, 0.2) is 5.82 Å². The Bertz CT molecular complexity index is 1610. The van der Waals surface area contributed by atoms with Gasteiger partial charge in [-0.25, -0.2) is 0 Å². The Hall–Kier alpha value is -4.19. The largest absolute Gasteiger partial charge is 0.494 e. The average Bonchev–Trinajstić information content (AvgIpc) is 3.32. The van der Waals surface area contributed by atoms with E-state index in [1.807, 2.05) is 66.9 Å². The number of benzene rings is 3. The summed E-state index contributed by atoms with van der Waals surface area (Å²) in [7, 11) is -1.49. The molecule has 0 bridgehead atoms. The predicted molar refractivity (Wildman–Crippen MR) is 169 cm³/mol. The molecular formula is C31H34BClN6O4. The maximum absolute atomic E-state index is 12.7. The van der Waals surface area contributed by atoms with Gasteiger partial charge in [0.1, 0.15) is 17.6 Å². The first-order valence-corrected chi connectivity index (χ1v) is 14.7. The van der Waals surface area contributed by atoms with Gasteiger partial charge in [0, 0.05) is 34.9 Å². The number of aromatic nitrogens is 3. The highest BCUT2D eigenvalue weighted by Gasteiger charge is 2.30. The lowest BCUT2D eigenvalue weighted by Crippen LogP contribution is -2.29. The van der Waals surface area contributed by atoms with Crippen molar-refractivity contribution in [2.45, 2.75) is 39.2 Å². The van der Waals surface area contributed by atoms with Crippen LogP contribution in [-0.4, -0.2) is 63.2 Å². The molecule has 4 N–H and O–H groups in total. The van der Waals surface area contributed by atoms with Crippen molar-refractivity contribution >= 4 is 41.5 Å². The van der Waals surface area contributed by atoms with Crippen molar-refractivity contribution in [3.05, 3.63) is 94.5 Å². The van der Waals surface area contributed by atoms with E-state index in [4.69, 9.17) is 21.3 Å². The van der Waals surface area contributed by atoms with Crippen LogP contribution >= 0.6 is 11.6 Å². The topological polar surface area (TPSA) is 134 Å². The first kappa shape index (κ1) is 30.3. The molecule has 0 unspecified atom stereocenters. The van der Waals surface area contributed by atoms with Crippen LogP contribution in [0, 0.1) is 6.92 Å². The number of hydrogen-bond acceptors (Lipinski definition) is 8. The Morgan fingerprint density at radius 3 is 2.65 bits per heavy atom. The first-order valence-electron chi connectivity index (χ1n) is 14.3. The second-order valence-electron chi connectivity index (χ2n) is 10.3. The fraction of sp³-hybridized carbons (Fsp3) is 0.290. The van der Waals surface area contributed by atoms with Gasteiger partial charge in [-0.15, -0.1) is 10.2 Å². The molecule has 0 spiro atoms. The lowest BCUT2D eigenvalue weighted by molar-refractivity contribution is -0.121. The van der Waals surface area contributed by atoms with E-state index in [1.54, 1.807) is 18.2 Å². The van der Waals surface area contributed by atoms with Gasteiger partial charge >= 0.3 is 7.12 Å². The number of ether oxygens (including phenoxy) is 1. The van der Waals surface area contributed by atoms with Crippen molar-refractivity contribution < 1.29 is 19.6 Å². The summed E-state index contributed by atoms with van der Waals surface area (Å²) in [5.41, 5.74) is 4.56. The molecule has 43 heavy (non-hydrogen) atoms. The normalized spacial score (nSPS) is 13.8. The van der Waals surface area contributed by atoms with E-state index in [0.717, 1.165) is 41.1 Å². The second kappa shape index (κ2) is 13.9. The summed E-state index contributed by atoms with van der Waals surface area (Å²) >= 11 is 6.20. The Labute approximate surface area is 255 Å². The lowest BCUT2D eigenvalue weighted by atomic mass is 9.80. The highest BCUT2D eigenvalue weighted by Crippen LogP contribution is 2.34. The average molecular weight is 601 g/mol. The van der Waals surface area contributed by atoms with Crippen LogP contribution in [-0.2, 0) is 4.79 Å². The molecule has 0 saturated carbocycles. The van der Waals surface area contributed by atoms with Crippen molar-refractivity contribution in [1.82, 2.24) is 20.1 Å². The molecule has 1 amide bonds. The summed E-state index contributed by atoms with van der Waals surface area (Å²) in [6.45, 7) is 5.53. The fourth-order valence-corrected chi connectivity index (χ4v) is 5.17. The molecule has 1 aromatic heterocycles. The molecule has 0 fully saturated rings. The summed E-state index contributed by atoms with van der Waals surface area (Å²) in [6.07, 6.45) is 1.81. The number of nitrogens with zero attached hydrogens (tertiary/aromatic N) is 4. The van der Waals surface area contributed by atoms with Crippen molar-refractivity contribution in [3.8, 4) is 11.4 Å². The molecular weight excluding hydrogens is 567 g/mol. The standard InChI is InChI=1S/C31H34BClN6O4/c1-3-34-29(40)19-27-31-38-37-20(2)39(31)28-14-13-25(18-26(28)30(36-27)21-9-11-23(33)12-10-21)43-16-5-4-15-35-24-8-6-7-22(17-24)32(41)42/h6-14,17-18,27,35,41-42H,3-5,15-16,19H2,1-2H3,(H,34,40)/t27-/m0/s1. The number of fused-ring (bicyclic) bond motifs is 3. The molecule has 1 aliphatic rings. The first-order chi connectivity index (χ1) is 20.8. The molecule has 222 valence electrons. The molecule has 5 rings (SSSR count). The van der Waals surface area contributed by atoms with E-state index in [1.165, 1.54) is 0 Å². The molecule has 1 atom stereocenters. The van der Waals surface area contributed by atoms with Crippen LogP contribution < -0.4 is 20.8 Å². The van der Waals surface area contributed by atoms with Crippen LogP contribution in [0.5, 0.6) is 5.75 Å². The van der Waals surface area contributed by atoms with Crippen LogP contribution in [0.3, 0.4) is 0 Å². The molecule has 0 aliphatic carbocycles. The lowest BCUT2D eigenvalue weighted by Gasteiger charge is -2.15. The number of unbranched alkanes of at least 4 members (excludes halogenated alkanes) is 1. The fourth-order valence-electron chi connectivity index (χ4n) is 5.04. The number of aliphatic imine (C=N–C) groups is 1. The minimum Gasteiger partial charge on any atom is -0.494 e. The Balaban J connectivity index is 1.35. The molecule has 2 heterocycles. The summed E-state index contributed by atoms with van der Waals surface area (Å²) in [6, 6.07) is 19.9. The number of aryl methyl sites for hydroxylation is 1. The molecule has 0 saturated heterocycles. The maximum atomic E-state index is 12.7. The van der Waals surface area contributed by atoms with Crippen LogP contribution in [0.15, 0.2) is 71.7 Å². The van der Waals surface area contributed by atoms with E-state index >= 15 is 0 Å². The van der Waals surface area contributed by atoms with E-state index in [-0.39, 0.29) is 12.3 Å². The third kappa shape index (κ3) is 7.25. The summed E-state index contributed by atoms with van der Waals surface area (Å²) in [5, 5.41) is 34.3. The minimum absolute atomic E-state index is 0.109. The van der Waals surface area contributed by atoms with Gasteiger partial charge in [0.25, 0.3) is 0 Å². The SMILES string of the molecule is CCNC(=O)C[C@@H]1N=C(c2ccc(Cl)cc2)c2cc(OCCCCNc3cccc(B(O)O)c3)ccc2-n2c(C)nnc21. The Morgan fingerprint density at radius 2 is 1.88 bits per heavy atom. The van der Waals surface area contributed by atoms with Crippen LogP contribution in [0.1, 0.15) is 55.0 Å². The Morgan fingerprint density at radius 1 is 1.07 bits per heavy atom. The van der Waals surface area contributed by atoms with Gasteiger partial charge in [-0.3, -0.25) is 14.4 Å². The van der Waals surface area contributed by atoms with Crippen molar-refractivity contribution in [1.29, 1.82) is 0 Å².